The van der Waals surface area contributed by atoms with Crippen molar-refractivity contribution < 1.29 is 43.0 Å². The number of epoxide rings is 1. The Labute approximate surface area is 120 Å². The molecule has 2 heterocycles. The van der Waals surface area contributed by atoms with Crippen LogP contribution in [0.3, 0.4) is 0 Å². The average molecular weight is 314 g/mol. The van der Waals surface area contributed by atoms with E-state index >= 15 is 0 Å². The highest BCUT2D eigenvalue weighted by atomic mass is 19.3. The molecule has 3 N–H and O–H groups in total. The van der Waals surface area contributed by atoms with Gasteiger partial charge in [-0.3, -0.25) is 0 Å². The first-order chi connectivity index (χ1) is 9.85. The molecule has 4 atom stereocenters. The lowest BCUT2D eigenvalue weighted by Gasteiger charge is -2.39. The molecule has 124 valence electrons. The highest BCUT2D eigenvalue weighted by Gasteiger charge is 2.44. The normalized spacial score (nSPS) is 33.6. The van der Waals surface area contributed by atoms with Crippen LogP contribution < -0.4 is 0 Å². The maximum atomic E-state index is 13.3. The van der Waals surface area contributed by atoms with Crippen LogP contribution in [0, 0.1) is 5.92 Å². The number of alkyl halides is 2. The van der Waals surface area contributed by atoms with Crippen molar-refractivity contribution in [3.63, 3.8) is 0 Å². The van der Waals surface area contributed by atoms with Gasteiger partial charge in [0.25, 0.3) is 0 Å². The van der Waals surface area contributed by atoms with E-state index in [-0.39, 0.29) is 32.2 Å². The Morgan fingerprint density at radius 2 is 2.14 bits per heavy atom. The number of rotatable bonds is 10. The van der Waals surface area contributed by atoms with Crippen molar-refractivity contribution in [2.75, 3.05) is 39.6 Å². The molecule has 2 rings (SSSR count). The first kappa shape index (κ1) is 16.9. The van der Waals surface area contributed by atoms with Crippen molar-refractivity contribution in [2.45, 2.75) is 30.5 Å². The summed E-state index contributed by atoms with van der Waals surface area (Å²) in [5.41, 5.74) is 0. The summed E-state index contributed by atoms with van der Waals surface area (Å²) < 4.78 is 45.4. The zero-order valence-corrected chi connectivity index (χ0v) is 11.4. The summed E-state index contributed by atoms with van der Waals surface area (Å²) in [6.07, 6.45) is -4.72. The standard InChI is InChI=1S/C12H20F2O7/c13-12(14,7-18-5-11(17)6-21-11)20-2-1-8-4-19-10(8)9(16)3-15/h8-10,15-17H,1-7H2. The van der Waals surface area contributed by atoms with E-state index < -0.39 is 37.3 Å². The van der Waals surface area contributed by atoms with Gasteiger partial charge in [-0.15, -0.1) is 0 Å². The van der Waals surface area contributed by atoms with Crippen LogP contribution in [0.25, 0.3) is 0 Å². The minimum Gasteiger partial charge on any atom is -0.394 e. The van der Waals surface area contributed by atoms with Crippen molar-refractivity contribution >= 4 is 0 Å². The molecule has 0 spiro atoms. The molecule has 0 aromatic rings. The second kappa shape index (κ2) is 6.78. The van der Waals surface area contributed by atoms with Crippen LogP contribution in [0.4, 0.5) is 8.78 Å². The molecule has 2 aliphatic heterocycles. The van der Waals surface area contributed by atoms with Crippen LogP contribution in [0.2, 0.25) is 0 Å². The van der Waals surface area contributed by atoms with Crippen molar-refractivity contribution in [1.82, 2.24) is 0 Å². The van der Waals surface area contributed by atoms with Gasteiger partial charge in [-0.05, 0) is 6.42 Å². The van der Waals surface area contributed by atoms with Gasteiger partial charge in [0.15, 0.2) is 0 Å². The van der Waals surface area contributed by atoms with Gasteiger partial charge in [0.2, 0.25) is 5.79 Å². The molecule has 2 saturated heterocycles. The molecule has 21 heavy (non-hydrogen) atoms. The number of halogens is 2. The molecule has 2 fully saturated rings. The number of hydrogen-bond acceptors (Lipinski definition) is 7. The monoisotopic (exact) mass is 314 g/mol. The number of aliphatic hydroxyl groups is 3. The van der Waals surface area contributed by atoms with Gasteiger partial charge >= 0.3 is 6.11 Å². The molecule has 9 heteroatoms. The molecule has 7 nitrogen and oxygen atoms in total. The number of ether oxygens (including phenoxy) is 4. The maximum absolute atomic E-state index is 13.3. The lowest BCUT2D eigenvalue weighted by Crippen LogP contribution is -2.49. The van der Waals surface area contributed by atoms with Crippen molar-refractivity contribution in [1.29, 1.82) is 0 Å². The summed E-state index contributed by atoms with van der Waals surface area (Å²) in [6.45, 7) is -1.53. The number of hydrogen-bond donors (Lipinski definition) is 3. The fourth-order valence-corrected chi connectivity index (χ4v) is 2.02. The molecule has 0 radical (unpaired) electrons. The summed E-state index contributed by atoms with van der Waals surface area (Å²) in [6, 6.07) is 0. The van der Waals surface area contributed by atoms with Gasteiger partial charge in [0.1, 0.15) is 25.9 Å². The van der Waals surface area contributed by atoms with E-state index in [1.807, 2.05) is 0 Å². The first-order valence-corrected chi connectivity index (χ1v) is 6.72. The largest absolute Gasteiger partial charge is 0.394 e. The van der Waals surface area contributed by atoms with Crippen LogP contribution in [0.1, 0.15) is 6.42 Å². The van der Waals surface area contributed by atoms with Crippen molar-refractivity contribution in [3.05, 3.63) is 0 Å². The minimum atomic E-state index is -3.46. The Bertz CT molecular complexity index is 338. The zero-order valence-electron chi connectivity index (χ0n) is 11.4. The second-order valence-corrected chi connectivity index (χ2v) is 5.31. The Hall–Kier alpha value is -0.420. The molecule has 0 aromatic heterocycles. The predicted molar refractivity (Wildman–Crippen MR) is 63.6 cm³/mol. The van der Waals surface area contributed by atoms with E-state index in [1.165, 1.54) is 0 Å². The predicted octanol–water partition coefficient (Wildman–Crippen LogP) is -0.910. The van der Waals surface area contributed by atoms with E-state index in [0.29, 0.717) is 6.61 Å². The van der Waals surface area contributed by atoms with Gasteiger partial charge in [-0.25, -0.2) is 0 Å². The van der Waals surface area contributed by atoms with Crippen molar-refractivity contribution in [2.24, 2.45) is 5.92 Å². The highest BCUT2D eigenvalue weighted by Crippen LogP contribution is 2.28. The van der Waals surface area contributed by atoms with Crippen LogP contribution >= 0.6 is 0 Å². The third-order valence-corrected chi connectivity index (χ3v) is 3.41. The van der Waals surface area contributed by atoms with Gasteiger partial charge < -0.3 is 34.3 Å². The van der Waals surface area contributed by atoms with Gasteiger partial charge in [-0.2, -0.15) is 8.78 Å². The van der Waals surface area contributed by atoms with Crippen molar-refractivity contribution in [3.8, 4) is 0 Å². The summed E-state index contributed by atoms with van der Waals surface area (Å²) in [7, 11) is 0. The van der Waals surface area contributed by atoms with Gasteiger partial charge in [0, 0.05) is 5.92 Å². The highest BCUT2D eigenvalue weighted by molar-refractivity contribution is 4.84. The maximum Gasteiger partial charge on any atom is 0.379 e. The van der Waals surface area contributed by atoms with E-state index in [1.54, 1.807) is 0 Å². The van der Waals surface area contributed by atoms with E-state index in [9.17, 15) is 19.0 Å². The summed E-state index contributed by atoms with van der Waals surface area (Å²) in [5.74, 6) is -1.54. The Morgan fingerprint density at radius 3 is 2.67 bits per heavy atom. The summed E-state index contributed by atoms with van der Waals surface area (Å²) in [5, 5.41) is 27.4. The summed E-state index contributed by atoms with van der Waals surface area (Å²) in [4.78, 5) is 0. The van der Waals surface area contributed by atoms with Crippen LogP contribution in [0.15, 0.2) is 0 Å². The van der Waals surface area contributed by atoms with E-state index in [0.717, 1.165) is 0 Å². The van der Waals surface area contributed by atoms with Gasteiger partial charge in [-0.1, -0.05) is 0 Å². The fourth-order valence-electron chi connectivity index (χ4n) is 2.02. The lowest BCUT2D eigenvalue weighted by atomic mass is 9.91. The zero-order chi connectivity index (χ0) is 15.5. The molecule has 0 saturated carbocycles. The number of aliphatic hydroxyl groups excluding tert-OH is 2. The van der Waals surface area contributed by atoms with Crippen LogP contribution in [0.5, 0.6) is 0 Å². The Morgan fingerprint density at radius 1 is 1.43 bits per heavy atom. The fraction of sp³-hybridized carbons (Fsp3) is 1.00. The smallest absolute Gasteiger partial charge is 0.379 e. The van der Waals surface area contributed by atoms with E-state index in [2.05, 4.69) is 14.2 Å². The molecule has 4 unspecified atom stereocenters. The molecule has 0 aliphatic carbocycles. The topological polar surface area (TPSA) is 101 Å². The van der Waals surface area contributed by atoms with Crippen LogP contribution in [-0.2, 0) is 18.9 Å². The third-order valence-electron chi connectivity index (χ3n) is 3.41. The second-order valence-electron chi connectivity index (χ2n) is 5.31. The van der Waals surface area contributed by atoms with E-state index in [4.69, 9.17) is 9.84 Å². The molecule has 0 aromatic carbocycles. The molecule has 2 aliphatic rings. The molecule has 0 amide bonds. The SMILES string of the molecule is OCC(O)C1OCC1CCOC(F)(F)COCC1(O)CO1. The first-order valence-electron chi connectivity index (χ1n) is 6.72. The quantitative estimate of drug-likeness (QED) is 0.449. The van der Waals surface area contributed by atoms with Gasteiger partial charge in [0.05, 0.1) is 25.9 Å². The molecular formula is C12H20F2O7. The Kier molecular flexibility index (Phi) is 5.47. The minimum absolute atomic E-state index is 0.0790. The molecule has 0 bridgehead atoms. The lowest BCUT2D eigenvalue weighted by molar-refractivity contribution is -0.274. The summed E-state index contributed by atoms with van der Waals surface area (Å²) >= 11 is 0. The molecular weight excluding hydrogens is 294 g/mol. The Balaban J connectivity index is 1.58. The average Bonchev–Trinajstić information content (AvgIpc) is 3.10. The third kappa shape index (κ3) is 5.06. The van der Waals surface area contributed by atoms with Crippen LogP contribution in [-0.4, -0.2) is 79.1 Å².